The molecule has 0 unspecified atom stereocenters. The van der Waals surface area contributed by atoms with Crippen molar-refractivity contribution in [3.05, 3.63) is 33.8 Å². The van der Waals surface area contributed by atoms with Gasteiger partial charge in [0.2, 0.25) is 0 Å². The lowest BCUT2D eigenvalue weighted by Crippen LogP contribution is -2.57. The second-order valence-corrected chi connectivity index (χ2v) is 5.48. The fourth-order valence-electron chi connectivity index (χ4n) is 2.03. The number of benzene rings is 1. The smallest absolute Gasteiger partial charge is 0.420 e. The average molecular weight is 321 g/mol. The number of unbranched alkanes of at least 4 members (excludes halogenated alkanes) is 1. The maximum atomic E-state index is 10.8. The lowest BCUT2D eigenvalue weighted by molar-refractivity contribution is -0.284. The van der Waals surface area contributed by atoms with Crippen molar-refractivity contribution >= 4 is 29.3 Å². The van der Waals surface area contributed by atoms with E-state index in [-0.39, 0.29) is 12.5 Å². The molecule has 0 radical (unpaired) electrons. The number of carbonyl (C=O) groups is 1. The molecule has 6 heteroatoms. The van der Waals surface area contributed by atoms with Crippen LogP contribution in [0.4, 0.5) is 4.79 Å². The third-order valence-electron chi connectivity index (χ3n) is 3.13. The Morgan fingerprint density at radius 1 is 1.40 bits per heavy atom. The Balaban J connectivity index is 2.90. The number of carbonyl (C=O) groups excluding carboxylic acids is 1. The molecule has 4 nitrogen and oxygen atoms in total. The van der Waals surface area contributed by atoms with Gasteiger partial charge in [-0.3, -0.25) is 5.73 Å². The molecule has 20 heavy (non-hydrogen) atoms. The van der Waals surface area contributed by atoms with E-state index in [2.05, 4.69) is 12.7 Å². The number of quaternary nitrogens is 1. The van der Waals surface area contributed by atoms with Crippen LogP contribution < -0.4 is 5.73 Å². The van der Waals surface area contributed by atoms with Gasteiger partial charge in [-0.05, 0) is 18.6 Å². The van der Waals surface area contributed by atoms with Crippen LogP contribution in [0, 0.1) is 5.92 Å². The van der Waals surface area contributed by atoms with E-state index in [1.807, 2.05) is 0 Å². The zero-order chi connectivity index (χ0) is 15.1. The molecule has 112 valence electrons. The third-order valence-corrected chi connectivity index (χ3v) is 3.79. The molecule has 0 aliphatic rings. The minimum atomic E-state index is -0.873. The van der Waals surface area contributed by atoms with Crippen molar-refractivity contribution in [2.75, 3.05) is 6.61 Å². The number of amides is 1. The molecular weight excluding hydrogens is 301 g/mol. The van der Waals surface area contributed by atoms with Crippen LogP contribution in [0.1, 0.15) is 37.9 Å². The largest absolute Gasteiger partial charge is 0.511 e. The average Bonchev–Trinajstić information content (AvgIpc) is 2.38. The molecule has 0 saturated carbocycles. The minimum Gasteiger partial charge on any atom is -0.420 e. The summed E-state index contributed by atoms with van der Waals surface area (Å²) >= 11 is 12.2. The van der Waals surface area contributed by atoms with Crippen LogP contribution in [0.3, 0.4) is 0 Å². The lowest BCUT2D eigenvalue weighted by Gasteiger charge is -2.23. The first-order chi connectivity index (χ1) is 9.47. The Kier molecular flexibility index (Phi) is 7.30. The number of hydrogen-bond donors (Lipinski definition) is 2. The van der Waals surface area contributed by atoms with Gasteiger partial charge in [-0.1, -0.05) is 49.0 Å². The molecule has 0 bridgehead atoms. The molecule has 0 heterocycles. The molecule has 0 aromatic heterocycles. The van der Waals surface area contributed by atoms with Crippen molar-refractivity contribution < 1.29 is 20.4 Å². The Hall–Kier alpha value is -0.810. The molecule has 1 amide bonds. The predicted molar refractivity (Wildman–Crippen MR) is 78.7 cm³/mol. The van der Waals surface area contributed by atoms with Crippen molar-refractivity contribution in [2.24, 2.45) is 5.92 Å². The summed E-state index contributed by atoms with van der Waals surface area (Å²) in [5.74, 6) is -0.252. The standard InChI is InChI=1S/C14H19Cl2NO3/c1-2-3-5-9(8-20-14(17)19)13(18)12-10(15)6-4-7-11(12)16/h4,6-7,9,13,18H,2-3,5,8H2,1H3,(H2,17,19)/p+1/t9-,13-/m0/s1. The van der Waals surface area contributed by atoms with E-state index in [0.29, 0.717) is 22.0 Å². The van der Waals surface area contributed by atoms with E-state index in [1.165, 1.54) is 0 Å². The summed E-state index contributed by atoms with van der Waals surface area (Å²) in [6.45, 7) is 2.16. The molecule has 0 aliphatic carbocycles. The Morgan fingerprint density at radius 3 is 2.50 bits per heavy atom. The van der Waals surface area contributed by atoms with E-state index in [4.69, 9.17) is 27.9 Å². The zero-order valence-electron chi connectivity index (χ0n) is 11.4. The number of hydrogen-bond acceptors (Lipinski definition) is 3. The molecule has 1 rings (SSSR count). The summed E-state index contributed by atoms with van der Waals surface area (Å²) in [6.07, 6.45) is 1.13. The monoisotopic (exact) mass is 320 g/mol. The van der Waals surface area contributed by atoms with Gasteiger partial charge in [-0.25, -0.2) is 0 Å². The quantitative estimate of drug-likeness (QED) is 0.810. The van der Waals surface area contributed by atoms with Crippen LogP contribution in [0.25, 0.3) is 0 Å². The summed E-state index contributed by atoms with van der Waals surface area (Å²) in [5.41, 5.74) is 3.65. The highest BCUT2D eigenvalue weighted by Crippen LogP contribution is 2.36. The second kappa shape index (κ2) is 8.47. The highest BCUT2D eigenvalue weighted by molar-refractivity contribution is 6.36. The van der Waals surface area contributed by atoms with Crippen molar-refractivity contribution in [2.45, 2.75) is 32.3 Å². The lowest BCUT2D eigenvalue weighted by atomic mass is 9.91. The minimum absolute atomic E-state index is 0.102. The van der Waals surface area contributed by atoms with Gasteiger partial charge in [-0.2, -0.15) is 4.79 Å². The molecule has 0 aliphatic heterocycles. The van der Waals surface area contributed by atoms with Gasteiger partial charge >= 0.3 is 6.09 Å². The molecule has 0 saturated heterocycles. The highest BCUT2D eigenvalue weighted by atomic mass is 35.5. The number of aliphatic hydroxyl groups excluding tert-OH is 1. The first-order valence-corrected chi connectivity index (χ1v) is 7.33. The molecule has 0 fully saturated rings. The van der Waals surface area contributed by atoms with Gasteiger partial charge in [-0.15, -0.1) is 0 Å². The van der Waals surface area contributed by atoms with Gasteiger partial charge in [0.15, 0.2) is 0 Å². The summed E-state index contributed by atoms with van der Waals surface area (Å²) in [5, 5.41) is 11.3. The van der Waals surface area contributed by atoms with Crippen LogP contribution >= 0.6 is 23.2 Å². The Morgan fingerprint density at radius 2 is 2.00 bits per heavy atom. The Labute approximate surface area is 128 Å². The molecule has 4 N–H and O–H groups in total. The van der Waals surface area contributed by atoms with Gasteiger partial charge in [0, 0.05) is 21.5 Å². The van der Waals surface area contributed by atoms with Crippen LogP contribution in [0.15, 0.2) is 18.2 Å². The van der Waals surface area contributed by atoms with E-state index >= 15 is 0 Å². The predicted octanol–water partition coefficient (Wildman–Crippen LogP) is 3.21. The number of rotatable bonds is 7. The van der Waals surface area contributed by atoms with Crippen LogP contribution in [0.2, 0.25) is 10.0 Å². The van der Waals surface area contributed by atoms with Gasteiger partial charge in [0.1, 0.15) is 6.61 Å². The fraction of sp³-hybridized carbons (Fsp3) is 0.500. The number of halogens is 2. The normalized spacial score (nSPS) is 13.8. The maximum Gasteiger partial charge on any atom is 0.511 e. The second-order valence-electron chi connectivity index (χ2n) is 4.67. The summed E-state index contributed by atoms with van der Waals surface area (Å²) in [4.78, 5) is 10.8. The van der Waals surface area contributed by atoms with Gasteiger partial charge in [0.25, 0.3) is 0 Å². The summed E-state index contributed by atoms with van der Waals surface area (Å²) in [7, 11) is 0. The SMILES string of the molecule is CCCC[C@@H](COC([NH3+])=O)[C@H](O)c1c(Cl)cccc1Cl. The summed E-state index contributed by atoms with van der Waals surface area (Å²) < 4.78 is 4.93. The Bertz CT molecular complexity index is 434. The topological polar surface area (TPSA) is 74.2 Å². The van der Waals surface area contributed by atoms with Crippen LogP contribution in [-0.2, 0) is 4.74 Å². The first-order valence-electron chi connectivity index (χ1n) is 6.58. The fourth-order valence-corrected chi connectivity index (χ4v) is 2.65. The van der Waals surface area contributed by atoms with Gasteiger partial charge < -0.3 is 9.84 Å². The highest BCUT2D eigenvalue weighted by Gasteiger charge is 2.26. The van der Waals surface area contributed by atoms with Crippen molar-refractivity contribution in [1.82, 2.24) is 0 Å². The van der Waals surface area contributed by atoms with Crippen LogP contribution in [0.5, 0.6) is 0 Å². The first kappa shape index (κ1) is 17.2. The van der Waals surface area contributed by atoms with E-state index in [9.17, 15) is 9.90 Å². The van der Waals surface area contributed by atoms with Crippen molar-refractivity contribution in [1.29, 1.82) is 0 Å². The number of ether oxygens (including phenoxy) is 1. The molecular formula is C14H20Cl2NO3+. The third kappa shape index (κ3) is 4.94. The molecule has 0 spiro atoms. The van der Waals surface area contributed by atoms with Crippen molar-refractivity contribution in [3.8, 4) is 0 Å². The van der Waals surface area contributed by atoms with Crippen molar-refractivity contribution in [3.63, 3.8) is 0 Å². The van der Waals surface area contributed by atoms with E-state index in [0.717, 1.165) is 12.8 Å². The summed E-state index contributed by atoms with van der Waals surface area (Å²) in [6, 6.07) is 5.07. The van der Waals surface area contributed by atoms with Gasteiger partial charge in [0.05, 0.1) is 6.10 Å². The van der Waals surface area contributed by atoms with Crippen LogP contribution in [-0.4, -0.2) is 17.8 Å². The van der Waals surface area contributed by atoms with E-state index < -0.39 is 12.2 Å². The number of aliphatic hydroxyl groups is 1. The zero-order valence-corrected chi connectivity index (χ0v) is 13.0. The molecule has 1 aromatic carbocycles. The molecule has 2 atom stereocenters. The molecule has 1 aromatic rings. The maximum absolute atomic E-state index is 10.8. The van der Waals surface area contributed by atoms with E-state index in [1.54, 1.807) is 18.2 Å².